The molecule has 1 saturated carbocycles. The third kappa shape index (κ3) is 3.75. The number of hydrogen-bond donors (Lipinski definition) is 1. The second-order valence-corrected chi connectivity index (χ2v) is 13.4. The molecule has 5 unspecified atom stereocenters. The topological polar surface area (TPSA) is 47.0 Å². The van der Waals surface area contributed by atoms with Gasteiger partial charge < -0.3 is 14.9 Å². The van der Waals surface area contributed by atoms with E-state index < -0.39 is 0 Å². The van der Waals surface area contributed by atoms with Crippen LogP contribution in [0.5, 0.6) is 5.75 Å². The Kier molecular flexibility index (Phi) is 6.31. The first kappa shape index (κ1) is 25.6. The zero-order valence-electron chi connectivity index (χ0n) is 23.8. The molecule has 2 aromatic carbocycles. The Hall–Kier alpha value is -2.37. The van der Waals surface area contributed by atoms with Crippen molar-refractivity contribution >= 4 is 5.91 Å². The molecule has 5 heteroatoms. The highest BCUT2D eigenvalue weighted by molar-refractivity contribution is 5.94. The van der Waals surface area contributed by atoms with E-state index in [0.29, 0.717) is 23.6 Å². The molecule has 3 saturated heterocycles. The highest BCUT2D eigenvalue weighted by Gasteiger charge is 2.72. The molecule has 3 heterocycles. The van der Waals surface area contributed by atoms with Crippen LogP contribution in [0.2, 0.25) is 0 Å². The predicted molar refractivity (Wildman–Crippen MR) is 155 cm³/mol. The number of phenols is 1. The number of phenolic OH excluding ortho intramolecular Hbond substituents is 1. The summed E-state index contributed by atoms with van der Waals surface area (Å²) >= 11 is 0. The Balaban J connectivity index is 1.24. The van der Waals surface area contributed by atoms with Crippen LogP contribution in [0.1, 0.15) is 73.9 Å². The summed E-state index contributed by atoms with van der Waals surface area (Å²) in [5.41, 5.74) is 3.81. The van der Waals surface area contributed by atoms with Crippen LogP contribution in [0.15, 0.2) is 48.5 Å². The van der Waals surface area contributed by atoms with Crippen molar-refractivity contribution in [1.29, 1.82) is 0 Å². The minimum Gasteiger partial charge on any atom is -0.508 e. The van der Waals surface area contributed by atoms with Gasteiger partial charge in [-0.05, 0) is 130 Å². The minimum atomic E-state index is 0.00645. The highest BCUT2D eigenvalue weighted by atomic mass is 16.3. The minimum absolute atomic E-state index is 0.00645. The molecule has 0 spiro atoms. The van der Waals surface area contributed by atoms with Crippen LogP contribution < -0.4 is 0 Å². The van der Waals surface area contributed by atoms with E-state index in [1.807, 2.05) is 36.4 Å². The maximum Gasteiger partial charge on any atom is 0.254 e. The van der Waals surface area contributed by atoms with Crippen molar-refractivity contribution in [3.05, 3.63) is 65.2 Å². The Labute approximate surface area is 234 Å². The van der Waals surface area contributed by atoms with Gasteiger partial charge >= 0.3 is 0 Å². The van der Waals surface area contributed by atoms with E-state index in [-0.39, 0.29) is 22.8 Å². The fourth-order valence-electron chi connectivity index (χ4n) is 10.4. The van der Waals surface area contributed by atoms with E-state index in [0.717, 1.165) is 37.9 Å². The molecule has 0 aromatic heterocycles. The summed E-state index contributed by atoms with van der Waals surface area (Å²) in [6, 6.07) is 16.9. The molecule has 4 fully saturated rings. The summed E-state index contributed by atoms with van der Waals surface area (Å²) < 4.78 is 0. The maximum atomic E-state index is 13.8. The molecule has 1 N–H and O–H groups in total. The van der Waals surface area contributed by atoms with E-state index in [9.17, 15) is 9.90 Å². The average molecular weight is 528 g/mol. The molecule has 2 bridgehead atoms. The van der Waals surface area contributed by atoms with Gasteiger partial charge in [0.05, 0.1) is 0 Å². The summed E-state index contributed by atoms with van der Waals surface area (Å²) in [6.45, 7) is 11.8. The first-order valence-corrected chi connectivity index (χ1v) is 15.6. The molecule has 1 amide bonds. The molecule has 7 rings (SSSR count). The van der Waals surface area contributed by atoms with Crippen LogP contribution in [0.4, 0.5) is 0 Å². The lowest BCUT2D eigenvalue weighted by Gasteiger charge is -2.63. The maximum absolute atomic E-state index is 13.8. The van der Waals surface area contributed by atoms with Crippen molar-refractivity contribution < 1.29 is 9.90 Å². The standard InChI is InChI=1S/C34H45N3O2/c1-3-29-31-26(23-37(29)32(39)24-10-5-4-6-11-24)22-33(2)30-20-25-12-13-27(38)21-28(25)34(31,33)14-19-36(30)18-9-17-35-15-7-8-16-35/h4-6,10-13,21,26,29-31,38H,3,7-9,14-20,22-23H2,1-2H3/t26-,29?,30?,31?,33?,34?/m1/s1. The number of piperidine rings is 1. The van der Waals surface area contributed by atoms with Crippen LogP contribution >= 0.6 is 0 Å². The second kappa shape index (κ2) is 9.62. The zero-order chi connectivity index (χ0) is 26.8. The van der Waals surface area contributed by atoms with E-state index in [1.54, 1.807) is 0 Å². The van der Waals surface area contributed by atoms with Crippen LogP contribution in [0, 0.1) is 17.3 Å². The van der Waals surface area contributed by atoms with Crippen molar-refractivity contribution in [2.75, 3.05) is 39.3 Å². The number of aromatic hydroxyl groups is 1. The molecule has 5 aliphatic rings. The molecule has 6 atom stereocenters. The van der Waals surface area contributed by atoms with Crippen molar-refractivity contribution in [1.82, 2.24) is 14.7 Å². The Bertz CT molecular complexity index is 1230. The normalized spacial score (nSPS) is 35.6. The van der Waals surface area contributed by atoms with Gasteiger partial charge in [-0.2, -0.15) is 0 Å². The molecule has 3 aliphatic heterocycles. The first-order chi connectivity index (χ1) is 19.0. The summed E-state index contributed by atoms with van der Waals surface area (Å²) in [4.78, 5) is 21.5. The Morgan fingerprint density at radius 3 is 2.62 bits per heavy atom. The molecular formula is C34H45N3O2. The average Bonchev–Trinajstić information content (AvgIpc) is 3.64. The van der Waals surface area contributed by atoms with Gasteiger partial charge in [0, 0.05) is 29.6 Å². The van der Waals surface area contributed by atoms with Gasteiger partial charge in [-0.3, -0.25) is 9.69 Å². The van der Waals surface area contributed by atoms with E-state index in [1.165, 1.54) is 63.0 Å². The number of carbonyl (C=O) groups is 1. The molecule has 2 aromatic rings. The number of fused-ring (bicyclic) bond motifs is 2. The van der Waals surface area contributed by atoms with Gasteiger partial charge in [0.15, 0.2) is 0 Å². The third-order valence-electron chi connectivity index (χ3n) is 11.8. The van der Waals surface area contributed by atoms with Gasteiger partial charge in [-0.25, -0.2) is 0 Å². The number of amides is 1. The van der Waals surface area contributed by atoms with Gasteiger partial charge in [0.25, 0.3) is 5.91 Å². The number of rotatable bonds is 6. The molecule has 208 valence electrons. The monoisotopic (exact) mass is 527 g/mol. The summed E-state index contributed by atoms with van der Waals surface area (Å²) in [5.74, 6) is 1.53. The van der Waals surface area contributed by atoms with Crippen LogP contribution in [0.25, 0.3) is 0 Å². The highest BCUT2D eigenvalue weighted by Crippen LogP contribution is 2.71. The van der Waals surface area contributed by atoms with Gasteiger partial charge in [0.2, 0.25) is 0 Å². The number of carbonyl (C=O) groups excluding carboxylic acids is 1. The van der Waals surface area contributed by atoms with Crippen LogP contribution in [-0.4, -0.2) is 77.1 Å². The first-order valence-electron chi connectivity index (χ1n) is 15.6. The molecular weight excluding hydrogens is 482 g/mol. The lowest BCUT2D eigenvalue weighted by atomic mass is 9.48. The Morgan fingerprint density at radius 1 is 1.05 bits per heavy atom. The molecule has 39 heavy (non-hydrogen) atoms. The van der Waals surface area contributed by atoms with Crippen LogP contribution in [-0.2, 0) is 11.8 Å². The molecule has 0 radical (unpaired) electrons. The number of hydrogen-bond acceptors (Lipinski definition) is 4. The van der Waals surface area contributed by atoms with Crippen LogP contribution in [0.3, 0.4) is 0 Å². The van der Waals surface area contributed by atoms with E-state index in [2.05, 4.69) is 40.7 Å². The Morgan fingerprint density at radius 2 is 1.85 bits per heavy atom. The number of likely N-dealkylation sites (tertiary alicyclic amines) is 3. The SMILES string of the molecule is CCC1C2[C@@H](CN1C(=O)c1ccccc1)CC1(C)C3Cc4ccc(O)cc4C21CCN3CCCN1CCCC1. The fourth-order valence-corrected chi connectivity index (χ4v) is 10.4. The van der Waals surface area contributed by atoms with Crippen molar-refractivity contribution in [2.45, 2.75) is 76.3 Å². The summed E-state index contributed by atoms with van der Waals surface area (Å²) in [7, 11) is 0. The lowest BCUT2D eigenvalue weighted by Crippen LogP contribution is -2.66. The van der Waals surface area contributed by atoms with E-state index in [4.69, 9.17) is 0 Å². The summed E-state index contributed by atoms with van der Waals surface area (Å²) in [6.07, 6.45) is 8.35. The van der Waals surface area contributed by atoms with Crippen molar-refractivity contribution in [3.8, 4) is 5.75 Å². The fraction of sp³-hybridized carbons (Fsp3) is 0.618. The van der Waals surface area contributed by atoms with Gasteiger partial charge in [-0.1, -0.05) is 38.1 Å². The second-order valence-electron chi connectivity index (χ2n) is 13.4. The number of nitrogens with zero attached hydrogens (tertiary/aromatic N) is 3. The molecule has 5 nitrogen and oxygen atoms in total. The zero-order valence-corrected chi connectivity index (χ0v) is 23.8. The van der Waals surface area contributed by atoms with Gasteiger partial charge in [-0.15, -0.1) is 0 Å². The number of benzene rings is 2. The summed E-state index contributed by atoms with van der Waals surface area (Å²) in [5, 5.41) is 10.7. The van der Waals surface area contributed by atoms with E-state index >= 15 is 0 Å². The lowest BCUT2D eigenvalue weighted by molar-refractivity contribution is -0.0621. The quantitative estimate of drug-likeness (QED) is 0.552. The molecule has 2 aliphatic carbocycles. The van der Waals surface area contributed by atoms with Crippen molar-refractivity contribution in [2.24, 2.45) is 17.3 Å². The predicted octanol–water partition coefficient (Wildman–Crippen LogP) is 5.32. The largest absolute Gasteiger partial charge is 0.508 e. The smallest absolute Gasteiger partial charge is 0.254 e. The van der Waals surface area contributed by atoms with Crippen molar-refractivity contribution in [3.63, 3.8) is 0 Å². The van der Waals surface area contributed by atoms with Gasteiger partial charge in [0.1, 0.15) is 5.75 Å². The third-order valence-corrected chi connectivity index (χ3v) is 11.8.